The number of esters is 1. The smallest absolute Gasteiger partial charge is 0.323 e. The van der Waals surface area contributed by atoms with E-state index in [2.05, 4.69) is 19.8 Å². The largest absolute Gasteiger partial charge is 0.461 e. The van der Waals surface area contributed by atoms with Crippen LogP contribution >= 0.6 is 0 Å². The van der Waals surface area contributed by atoms with Crippen LogP contribution < -0.4 is 4.90 Å². The highest BCUT2D eigenvalue weighted by Crippen LogP contribution is 2.21. The molecule has 1 aromatic rings. The molecule has 0 spiro atoms. The summed E-state index contributed by atoms with van der Waals surface area (Å²) in [6.07, 6.45) is 4.36. The molecular formula is C13H18N4O2. The Kier molecular flexibility index (Phi) is 3.33. The minimum atomic E-state index is -0.0723. The van der Waals surface area contributed by atoms with E-state index in [1.165, 1.54) is 0 Å². The molecule has 2 atom stereocenters. The second-order valence-electron chi connectivity index (χ2n) is 5.07. The van der Waals surface area contributed by atoms with Gasteiger partial charge in [0, 0.05) is 45.0 Å². The third-order valence-electron chi connectivity index (χ3n) is 3.73. The van der Waals surface area contributed by atoms with Gasteiger partial charge in [-0.1, -0.05) is 0 Å². The summed E-state index contributed by atoms with van der Waals surface area (Å²) in [5.41, 5.74) is 0. The van der Waals surface area contributed by atoms with E-state index in [0.717, 1.165) is 38.5 Å². The lowest BCUT2D eigenvalue weighted by atomic mass is 10.1. The molecule has 0 amide bonds. The zero-order valence-corrected chi connectivity index (χ0v) is 11.0. The second-order valence-corrected chi connectivity index (χ2v) is 5.07. The fourth-order valence-electron chi connectivity index (χ4n) is 2.72. The summed E-state index contributed by atoms with van der Waals surface area (Å²) in [6, 6.07) is 1.75. The topological polar surface area (TPSA) is 58.6 Å². The van der Waals surface area contributed by atoms with Gasteiger partial charge in [0.1, 0.15) is 12.1 Å². The van der Waals surface area contributed by atoms with Gasteiger partial charge in [0.15, 0.2) is 0 Å². The van der Waals surface area contributed by atoms with E-state index in [4.69, 9.17) is 4.74 Å². The SMILES string of the molecule is C[C@H]1C[C@@H](N2CCN(c3ncccn3)CC2)C(=O)O1. The second kappa shape index (κ2) is 5.13. The number of cyclic esters (lactones) is 1. The molecule has 6 nitrogen and oxygen atoms in total. The number of piperazine rings is 1. The Morgan fingerprint density at radius 3 is 2.47 bits per heavy atom. The van der Waals surface area contributed by atoms with E-state index in [1.54, 1.807) is 12.4 Å². The van der Waals surface area contributed by atoms with E-state index in [1.807, 2.05) is 13.0 Å². The minimum absolute atomic E-state index is 0.0491. The fourth-order valence-corrected chi connectivity index (χ4v) is 2.72. The molecule has 0 radical (unpaired) electrons. The maximum Gasteiger partial charge on any atom is 0.323 e. The van der Waals surface area contributed by atoms with Crippen LogP contribution in [0.4, 0.5) is 5.95 Å². The number of ether oxygens (including phenoxy) is 1. The van der Waals surface area contributed by atoms with Crippen molar-refractivity contribution in [2.45, 2.75) is 25.5 Å². The van der Waals surface area contributed by atoms with Crippen molar-refractivity contribution < 1.29 is 9.53 Å². The normalized spacial score (nSPS) is 28.5. The molecule has 0 aromatic carbocycles. The van der Waals surface area contributed by atoms with Gasteiger partial charge in [0.2, 0.25) is 5.95 Å². The number of carbonyl (C=O) groups excluding carboxylic acids is 1. The quantitative estimate of drug-likeness (QED) is 0.715. The lowest BCUT2D eigenvalue weighted by Crippen LogP contribution is -2.52. The predicted octanol–water partition coefficient (Wildman–Crippen LogP) is 0.303. The van der Waals surface area contributed by atoms with Crippen LogP contribution in [-0.4, -0.2) is 59.2 Å². The molecule has 1 aromatic heterocycles. The molecule has 3 rings (SSSR count). The zero-order valence-electron chi connectivity index (χ0n) is 11.0. The number of aromatic nitrogens is 2. The summed E-state index contributed by atoms with van der Waals surface area (Å²) in [6.45, 7) is 5.35. The lowest BCUT2D eigenvalue weighted by molar-refractivity contribution is -0.144. The number of nitrogens with zero attached hydrogens (tertiary/aromatic N) is 4. The average molecular weight is 262 g/mol. The van der Waals surface area contributed by atoms with Gasteiger partial charge in [-0.2, -0.15) is 0 Å². The Morgan fingerprint density at radius 1 is 1.21 bits per heavy atom. The van der Waals surface area contributed by atoms with Gasteiger partial charge in [0.25, 0.3) is 0 Å². The molecule has 0 saturated carbocycles. The van der Waals surface area contributed by atoms with Gasteiger partial charge in [-0.05, 0) is 13.0 Å². The van der Waals surface area contributed by atoms with Crippen LogP contribution in [0.2, 0.25) is 0 Å². The van der Waals surface area contributed by atoms with Crippen LogP contribution in [0.1, 0.15) is 13.3 Å². The molecular weight excluding hydrogens is 244 g/mol. The van der Waals surface area contributed by atoms with E-state index >= 15 is 0 Å². The summed E-state index contributed by atoms with van der Waals surface area (Å²) in [5.74, 6) is 0.696. The number of hydrogen-bond acceptors (Lipinski definition) is 6. The third-order valence-corrected chi connectivity index (χ3v) is 3.73. The van der Waals surface area contributed by atoms with Crippen molar-refractivity contribution in [3.8, 4) is 0 Å². The summed E-state index contributed by atoms with van der Waals surface area (Å²) in [5, 5.41) is 0. The fraction of sp³-hybridized carbons (Fsp3) is 0.615. The van der Waals surface area contributed by atoms with E-state index < -0.39 is 0 Å². The first kappa shape index (κ1) is 12.3. The molecule has 0 unspecified atom stereocenters. The van der Waals surface area contributed by atoms with E-state index in [-0.39, 0.29) is 18.1 Å². The van der Waals surface area contributed by atoms with Crippen molar-refractivity contribution in [1.82, 2.24) is 14.9 Å². The van der Waals surface area contributed by atoms with Crippen LogP contribution in [-0.2, 0) is 9.53 Å². The maximum atomic E-state index is 11.7. The van der Waals surface area contributed by atoms with Gasteiger partial charge >= 0.3 is 5.97 Å². The molecule has 2 fully saturated rings. The molecule has 0 bridgehead atoms. The van der Waals surface area contributed by atoms with Gasteiger partial charge in [-0.25, -0.2) is 9.97 Å². The number of hydrogen-bond donors (Lipinski definition) is 0. The van der Waals surface area contributed by atoms with Crippen LogP contribution in [0.15, 0.2) is 18.5 Å². The Balaban J connectivity index is 1.59. The van der Waals surface area contributed by atoms with Crippen LogP contribution in [0.5, 0.6) is 0 Å². The Morgan fingerprint density at radius 2 is 1.89 bits per heavy atom. The highest BCUT2D eigenvalue weighted by Gasteiger charge is 2.37. The minimum Gasteiger partial charge on any atom is -0.461 e. The number of carbonyl (C=O) groups is 1. The zero-order chi connectivity index (χ0) is 13.2. The van der Waals surface area contributed by atoms with Crippen LogP contribution in [0.3, 0.4) is 0 Å². The van der Waals surface area contributed by atoms with Crippen LogP contribution in [0.25, 0.3) is 0 Å². The molecule has 0 N–H and O–H groups in total. The first-order valence-electron chi connectivity index (χ1n) is 6.70. The maximum absolute atomic E-state index is 11.7. The summed E-state index contributed by atoms with van der Waals surface area (Å²) in [4.78, 5) is 24.6. The monoisotopic (exact) mass is 262 g/mol. The number of rotatable bonds is 2. The molecule has 0 aliphatic carbocycles. The molecule has 6 heteroatoms. The first-order chi connectivity index (χ1) is 9.24. The molecule has 2 aliphatic heterocycles. The molecule has 3 heterocycles. The van der Waals surface area contributed by atoms with E-state index in [9.17, 15) is 4.79 Å². The van der Waals surface area contributed by atoms with E-state index in [0.29, 0.717) is 0 Å². The Bertz CT molecular complexity index is 445. The third kappa shape index (κ3) is 2.53. The first-order valence-corrected chi connectivity index (χ1v) is 6.70. The lowest BCUT2D eigenvalue weighted by Gasteiger charge is -2.36. The number of anilines is 1. The van der Waals surface area contributed by atoms with Crippen molar-refractivity contribution >= 4 is 11.9 Å². The average Bonchev–Trinajstić information content (AvgIpc) is 2.79. The highest BCUT2D eigenvalue weighted by molar-refractivity contribution is 5.78. The van der Waals surface area contributed by atoms with Crippen molar-refractivity contribution in [1.29, 1.82) is 0 Å². The highest BCUT2D eigenvalue weighted by atomic mass is 16.6. The van der Waals surface area contributed by atoms with Crippen molar-refractivity contribution in [2.24, 2.45) is 0 Å². The standard InChI is InChI=1S/C13H18N4O2/c1-10-9-11(12(18)19-10)16-5-7-17(8-6-16)13-14-3-2-4-15-13/h2-4,10-11H,5-9H2,1H3/t10-,11+/m0/s1. The van der Waals surface area contributed by atoms with Gasteiger partial charge < -0.3 is 9.64 Å². The van der Waals surface area contributed by atoms with Crippen molar-refractivity contribution in [3.05, 3.63) is 18.5 Å². The molecule has 2 aliphatic rings. The molecule has 19 heavy (non-hydrogen) atoms. The summed E-state index contributed by atoms with van der Waals surface area (Å²) >= 11 is 0. The molecule has 2 saturated heterocycles. The van der Waals surface area contributed by atoms with Crippen molar-refractivity contribution in [2.75, 3.05) is 31.1 Å². The predicted molar refractivity (Wildman–Crippen MR) is 69.8 cm³/mol. The van der Waals surface area contributed by atoms with Gasteiger partial charge in [0.05, 0.1) is 0 Å². The summed E-state index contributed by atoms with van der Waals surface area (Å²) < 4.78 is 5.22. The van der Waals surface area contributed by atoms with Crippen LogP contribution in [0, 0.1) is 0 Å². The van der Waals surface area contributed by atoms with Gasteiger partial charge in [-0.15, -0.1) is 0 Å². The Hall–Kier alpha value is -1.69. The van der Waals surface area contributed by atoms with Gasteiger partial charge in [-0.3, -0.25) is 9.69 Å². The Labute approximate surface area is 112 Å². The van der Waals surface area contributed by atoms with Crippen molar-refractivity contribution in [3.63, 3.8) is 0 Å². The molecule has 102 valence electrons. The summed E-state index contributed by atoms with van der Waals surface area (Å²) in [7, 11) is 0.